The van der Waals surface area contributed by atoms with E-state index in [-0.39, 0.29) is 0 Å². The minimum Gasteiger partial charge on any atom is -0.309 e. The van der Waals surface area contributed by atoms with Gasteiger partial charge in [0.2, 0.25) is 11.9 Å². The van der Waals surface area contributed by atoms with Crippen LogP contribution in [0.3, 0.4) is 0 Å². The second-order valence-corrected chi connectivity index (χ2v) is 32.5. The van der Waals surface area contributed by atoms with E-state index < -0.39 is 16.1 Å². The fourth-order valence-electron chi connectivity index (χ4n) is 15.7. The molecule has 0 fully saturated rings. The Morgan fingerprint density at radius 3 is 1.23 bits per heavy atom. The SMILES string of the molecule is N#Cc1ccc2c(c1)c1ccccc1n2-c1nc(-c2ccc([Si](c3ccccc3)(c3ccccc3)c3cccc(-c4ccccc4)c3)cc2)nc(-n2c3ccccc3c3ccc4c(c5ccccc5n4-c4cccc([Si](c5ccccc5)(c5ccccc5)c5ccccc5)c4)c32)n1. The Kier molecular flexibility index (Phi) is 13.8. The van der Waals surface area contributed by atoms with E-state index in [0.29, 0.717) is 23.3 Å². The molecule has 14 aromatic carbocycles. The first-order valence-corrected chi connectivity index (χ1v) is 36.9. The highest BCUT2D eigenvalue weighted by Gasteiger charge is 2.43. The molecule has 0 bridgehead atoms. The van der Waals surface area contributed by atoms with Crippen molar-refractivity contribution in [2.24, 2.45) is 0 Å². The van der Waals surface area contributed by atoms with Crippen molar-refractivity contribution in [3.63, 3.8) is 0 Å². The fourth-order valence-corrected chi connectivity index (χ4v) is 25.2. The van der Waals surface area contributed by atoms with Gasteiger partial charge in [-0.05, 0) is 107 Å². The van der Waals surface area contributed by atoms with Gasteiger partial charge in [-0.2, -0.15) is 20.2 Å². The van der Waals surface area contributed by atoms with Gasteiger partial charge in [0.05, 0.1) is 44.7 Å². The number of para-hydroxylation sites is 3. The van der Waals surface area contributed by atoms with Crippen molar-refractivity contribution in [2.45, 2.75) is 0 Å². The maximum atomic E-state index is 10.3. The first kappa shape index (κ1) is 57.1. The van der Waals surface area contributed by atoms with Gasteiger partial charge in [-0.15, -0.1) is 0 Å². The Morgan fingerprint density at radius 1 is 0.258 bits per heavy atom. The molecule has 97 heavy (non-hydrogen) atoms. The molecule has 0 N–H and O–H groups in total. The van der Waals surface area contributed by atoms with Gasteiger partial charge < -0.3 is 4.57 Å². The molecule has 9 heteroatoms. The zero-order valence-corrected chi connectivity index (χ0v) is 54.7. The normalized spacial score (nSPS) is 11.9. The zero-order valence-electron chi connectivity index (χ0n) is 52.7. The van der Waals surface area contributed by atoms with Crippen molar-refractivity contribution in [1.82, 2.24) is 28.7 Å². The molecule has 0 saturated carbocycles. The summed E-state index contributed by atoms with van der Waals surface area (Å²) in [5.41, 5.74) is 10.7. The van der Waals surface area contributed by atoms with E-state index in [1.807, 2.05) is 24.3 Å². The van der Waals surface area contributed by atoms with Crippen molar-refractivity contribution >= 4 is 123 Å². The molecule has 0 aliphatic rings. The van der Waals surface area contributed by atoms with Crippen molar-refractivity contribution in [2.75, 3.05) is 0 Å². The molecule has 7 nitrogen and oxygen atoms in total. The number of rotatable bonds is 13. The van der Waals surface area contributed by atoms with Crippen LogP contribution < -0.4 is 41.5 Å². The van der Waals surface area contributed by atoms with Crippen LogP contribution in [0.1, 0.15) is 5.56 Å². The second-order valence-electron chi connectivity index (χ2n) is 24.9. The molecule has 4 aromatic heterocycles. The van der Waals surface area contributed by atoms with Crippen LogP contribution in [0.2, 0.25) is 0 Å². The topological polar surface area (TPSA) is 77.2 Å². The number of nitrogens with zero attached hydrogens (tertiary/aromatic N) is 7. The lowest BCUT2D eigenvalue weighted by Gasteiger charge is -2.34. The molecular weight excluding hydrogens is 1210 g/mol. The fraction of sp³-hybridized carbons (Fsp3) is 0. The Hall–Kier alpha value is -12.6. The molecule has 18 rings (SSSR count). The summed E-state index contributed by atoms with van der Waals surface area (Å²) in [5, 5.41) is 26.9. The van der Waals surface area contributed by atoms with Gasteiger partial charge in [-0.25, -0.2) is 0 Å². The number of fused-ring (bicyclic) bond motifs is 10. The van der Waals surface area contributed by atoms with Crippen molar-refractivity contribution in [3.8, 4) is 46.2 Å². The minimum atomic E-state index is -3.04. The summed E-state index contributed by atoms with van der Waals surface area (Å²) in [5.74, 6) is 1.44. The third-order valence-corrected chi connectivity index (χ3v) is 29.4. The smallest absolute Gasteiger partial charge is 0.240 e. The Labute approximate surface area is 563 Å². The first-order chi connectivity index (χ1) is 48.1. The quantitative estimate of drug-likeness (QED) is 0.0851. The highest BCUT2D eigenvalue weighted by Crippen LogP contribution is 2.42. The van der Waals surface area contributed by atoms with Crippen LogP contribution in [0, 0.1) is 11.3 Å². The van der Waals surface area contributed by atoms with Crippen LogP contribution in [0.4, 0.5) is 0 Å². The van der Waals surface area contributed by atoms with Gasteiger partial charge in [0.15, 0.2) is 22.0 Å². The van der Waals surface area contributed by atoms with Gasteiger partial charge in [-0.1, -0.05) is 303 Å². The number of nitriles is 1. The van der Waals surface area contributed by atoms with Crippen LogP contribution in [0.25, 0.3) is 106 Å². The summed E-state index contributed by atoms with van der Waals surface area (Å²) in [6, 6.07) is 133. The van der Waals surface area contributed by atoms with E-state index in [0.717, 1.165) is 76.7 Å². The van der Waals surface area contributed by atoms with Crippen LogP contribution in [0.15, 0.2) is 358 Å². The molecule has 0 amide bonds. The molecule has 454 valence electrons. The van der Waals surface area contributed by atoms with Crippen LogP contribution in [0.5, 0.6) is 0 Å². The van der Waals surface area contributed by atoms with E-state index in [1.165, 1.54) is 52.6 Å². The van der Waals surface area contributed by atoms with E-state index in [2.05, 4.69) is 353 Å². The number of benzene rings is 14. The first-order valence-electron chi connectivity index (χ1n) is 32.9. The van der Waals surface area contributed by atoms with Crippen molar-refractivity contribution in [1.29, 1.82) is 5.26 Å². The van der Waals surface area contributed by atoms with E-state index in [4.69, 9.17) is 15.0 Å². The van der Waals surface area contributed by atoms with Gasteiger partial charge in [0.25, 0.3) is 0 Å². The van der Waals surface area contributed by atoms with Crippen LogP contribution >= 0.6 is 0 Å². The summed E-state index contributed by atoms with van der Waals surface area (Å²) >= 11 is 0. The molecule has 0 aliphatic carbocycles. The van der Waals surface area contributed by atoms with E-state index in [9.17, 15) is 5.26 Å². The number of hydrogen-bond acceptors (Lipinski definition) is 4. The van der Waals surface area contributed by atoms with Gasteiger partial charge in [0, 0.05) is 43.6 Å². The van der Waals surface area contributed by atoms with Gasteiger partial charge in [0.1, 0.15) is 0 Å². The summed E-state index contributed by atoms with van der Waals surface area (Å²) in [4.78, 5) is 17.0. The zero-order chi connectivity index (χ0) is 64.4. The van der Waals surface area contributed by atoms with Crippen LogP contribution in [-0.2, 0) is 0 Å². The largest absolute Gasteiger partial charge is 0.309 e. The van der Waals surface area contributed by atoms with Crippen molar-refractivity contribution < 1.29 is 0 Å². The molecule has 0 radical (unpaired) electrons. The Bertz CT molecular complexity index is 5930. The number of aromatic nitrogens is 6. The lowest BCUT2D eigenvalue weighted by Crippen LogP contribution is -2.74. The molecule has 0 atom stereocenters. The minimum absolute atomic E-state index is 0.454. The third kappa shape index (κ3) is 9.11. The van der Waals surface area contributed by atoms with Gasteiger partial charge in [-0.3, -0.25) is 9.13 Å². The Morgan fingerprint density at radius 2 is 0.670 bits per heavy atom. The van der Waals surface area contributed by atoms with Crippen LogP contribution in [-0.4, -0.2) is 44.8 Å². The maximum absolute atomic E-state index is 10.3. The molecule has 0 aliphatic heterocycles. The van der Waals surface area contributed by atoms with Gasteiger partial charge >= 0.3 is 0 Å². The molecular formula is C88H59N7Si2. The highest BCUT2D eigenvalue weighted by atomic mass is 28.3. The standard InChI is InChI=1S/C88H59N7Si2/c89-60-61-49-55-82-78(57-61)75-44-20-22-46-79(75)94(82)87-90-86(63-50-52-71(53-51-63)97(69-37-15-5-16-38-69,70-39-17-6-18-40-70)72-41-25-29-64(58-72)62-27-7-1-8-28-62)91-88(92-87)95-80-47-23-19-43-74(80)76-54-56-83-84(85(76)95)77-45-21-24-48-81(77)93(83)65-30-26-42-73(59-65)96(66-31-9-2-10-32-66,67-33-11-3-12-34-67)68-35-13-4-14-36-68/h1-59H. The van der Waals surface area contributed by atoms with E-state index in [1.54, 1.807) is 0 Å². The third-order valence-electron chi connectivity index (χ3n) is 19.8. The Balaban J connectivity index is 0.890. The summed E-state index contributed by atoms with van der Waals surface area (Å²) in [6.07, 6.45) is 0. The average molecular weight is 1270 g/mol. The lowest BCUT2D eigenvalue weighted by molar-refractivity contribution is 0.894. The summed E-state index contributed by atoms with van der Waals surface area (Å²) < 4.78 is 6.89. The maximum Gasteiger partial charge on any atom is 0.240 e. The molecule has 4 heterocycles. The average Bonchev–Trinajstić information content (AvgIpc) is 1.60. The predicted molar refractivity (Wildman–Crippen MR) is 406 cm³/mol. The molecule has 18 aromatic rings. The highest BCUT2D eigenvalue weighted by molar-refractivity contribution is 7.20. The second kappa shape index (κ2) is 23.5. The summed E-state index contributed by atoms with van der Waals surface area (Å²) in [6.45, 7) is 0. The predicted octanol–water partition coefficient (Wildman–Crippen LogP) is 15.1. The monoisotopic (exact) mass is 1270 g/mol. The van der Waals surface area contributed by atoms with Crippen molar-refractivity contribution in [3.05, 3.63) is 363 Å². The van der Waals surface area contributed by atoms with E-state index >= 15 is 0 Å². The molecule has 0 spiro atoms. The molecule has 0 saturated heterocycles. The summed E-state index contributed by atoms with van der Waals surface area (Å²) in [7, 11) is -5.97. The lowest BCUT2D eigenvalue weighted by atomic mass is 10.1. The molecule has 0 unspecified atom stereocenters. The number of hydrogen-bond donors (Lipinski definition) is 0.